The first-order chi connectivity index (χ1) is 9.68. The van der Waals surface area contributed by atoms with Gasteiger partial charge in [0.05, 0.1) is 6.54 Å². The van der Waals surface area contributed by atoms with E-state index in [2.05, 4.69) is 0 Å². The number of alkyl halides is 1. The molecule has 1 aromatic rings. The Balaban J connectivity index is 3.16. The third-order valence-corrected chi connectivity index (χ3v) is 3.93. The molecule has 0 aliphatic rings. The van der Waals surface area contributed by atoms with Crippen LogP contribution >= 0.6 is 11.6 Å². The number of aryl methyl sites for hydroxylation is 1. The molecule has 0 N–H and O–H groups in total. The zero-order valence-electron chi connectivity index (χ0n) is 13.4. The molecule has 0 aromatic heterocycles. The molecule has 4 heteroatoms. The lowest BCUT2D eigenvalue weighted by molar-refractivity contribution is -0.127. The van der Waals surface area contributed by atoms with E-state index in [4.69, 9.17) is 11.6 Å². The minimum absolute atomic E-state index is 0.0130. The predicted molar refractivity (Wildman–Crippen MR) is 87.9 cm³/mol. The van der Waals surface area contributed by atoms with Gasteiger partial charge < -0.3 is 4.90 Å². The van der Waals surface area contributed by atoms with Crippen LogP contribution in [0.15, 0.2) is 24.3 Å². The van der Waals surface area contributed by atoms with Crippen molar-refractivity contribution in [2.45, 2.75) is 46.4 Å². The van der Waals surface area contributed by atoms with Crippen LogP contribution in [0.4, 0.5) is 5.69 Å². The van der Waals surface area contributed by atoms with Crippen molar-refractivity contribution in [2.75, 3.05) is 11.4 Å². The molecule has 21 heavy (non-hydrogen) atoms. The Kier molecular flexibility index (Phi) is 5.97. The highest BCUT2D eigenvalue weighted by atomic mass is 35.5. The molecule has 116 valence electrons. The highest BCUT2D eigenvalue weighted by molar-refractivity contribution is 6.33. The fraction of sp³-hybridized carbons (Fsp3) is 0.529. The number of halogens is 1. The summed E-state index contributed by atoms with van der Waals surface area (Å²) >= 11 is 6.11. The van der Waals surface area contributed by atoms with Crippen LogP contribution in [0.1, 0.15) is 39.7 Å². The Labute approximate surface area is 132 Å². The number of rotatable bonds is 5. The monoisotopic (exact) mass is 309 g/mol. The standard InChI is InChI=1S/C17H24ClNO2/c1-6-13(18)16(21)19(11-15(20)17(3,4)5)14-10-8-7-9-12(14)2/h7-10,13H,6,11H2,1-5H3. The van der Waals surface area contributed by atoms with Crippen molar-refractivity contribution in [1.29, 1.82) is 0 Å². The van der Waals surface area contributed by atoms with Gasteiger partial charge in [-0.1, -0.05) is 45.9 Å². The molecule has 0 saturated heterocycles. The normalized spacial score (nSPS) is 12.9. The number of carbonyl (C=O) groups excluding carboxylic acids is 2. The van der Waals surface area contributed by atoms with Crippen LogP contribution in [0.3, 0.4) is 0 Å². The maximum Gasteiger partial charge on any atom is 0.245 e. The van der Waals surface area contributed by atoms with Crippen LogP contribution in [-0.4, -0.2) is 23.6 Å². The molecular formula is C17H24ClNO2. The smallest absolute Gasteiger partial charge is 0.245 e. The average Bonchev–Trinajstić information content (AvgIpc) is 2.42. The fourth-order valence-electron chi connectivity index (χ4n) is 1.87. The van der Waals surface area contributed by atoms with Gasteiger partial charge in [0.15, 0.2) is 5.78 Å². The second kappa shape index (κ2) is 7.08. The largest absolute Gasteiger partial charge is 0.303 e. The molecule has 1 unspecified atom stereocenters. The number of para-hydroxylation sites is 1. The second-order valence-corrected chi connectivity index (χ2v) is 6.79. The summed E-state index contributed by atoms with van der Waals surface area (Å²) in [5.41, 5.74) is 1.21. The zero-order chi connectivity index (χ0) is 16.2. The number of nitrogens with zero attached hydrogens (tertiary/aromatic N) is 1. The summed E-state index contributed by atoms with van der Waals surface area (Å²) < 4.78 is 0. The topological polar surface area (TPSA) is 37.4 Å². The molecule has 1 rings (SSSR count). The Morgan fingerprint density at radius 3 is 2.29 bits per heavy atom. The zero-order valence-corrected chi connectivity index (χ0v) is 14.2. The van der Waals surface area contributed by atoms with Crippen LogP contribution < -0.4 is 4.90 Å². The Morgan fingerprint density at radius 1 is 1.24 bits per heavy atom. The van der Waals surface area contributed by atoms with E-state index in [9.17, 15) is 9.59 Å². The Morgan fingerprint density at radius 2 is 1.81 bits per heavy atom. The summed E-state index contributed by atoms with van der Waals surface area (Å²) in [6.07, 6.45) is 0.534. The van der Waals surface area contributed by atoms with Crippen molar-refractivity contribution in [2.24, 2.45) is 5.41 Å². The van der Waals surface area contributed by atoms with E-state index in [-0.39, 0.29) is 18.2 Å². The molecule has 0 heterocycles. The number of ketones is 1. The highest BCUT2D eigenvalue weighted by Gasteiger charge is 2.29. The highest BCUT2D eigenvalue weighted by Crippen LogP contribution is 2.24. The summed E-state index contributed by atoms with van der Waals surface area (Å²) in [5, 5.41) is -0.614. The first-order valence-corrected chi connectivity index (χ1v) is 7.66. The van der Waals surface area contributed by atoms with E-state index >= 15 is 0 Å². The van der Waals surface area contributed by atoms with E-state index in [0.717, 1.165) is 11.3 Å². The predicted octanol–water partition coefficient (Wildman–Crippen LogP) is 3.96. The van der Waals surface area contributed by atoms with Gasteiger partial charge in [0.1, 0.15) is 5.38 Å². The van der Waals surface area contributed by atoms with Crippen molar-refractivity contribution < 1.29 is 9.59 Å². The van der Waals surface area contributed by atoms with Crippen LogP contribution in [0.5, 0.6) is 0 Å². The lowest BCUT2D eigenvalue weighted by atomic mass is 9.90. The second-order valence-electron chi connectivity index (χ2n) is 6.26. The van der Waals surface area contributed by atoms with Crippen molar-refractivity contribution >= 4 is 29.0 Å². The summed E-state index contributed by atoms with van der Waals surface area (Å²) in [4.78, 5) is 26.4. The third-order valence-electron chi connectivity index (χ3n) is 3.44. The molecule has 0 bridgehead atoms. The van der Waals surface area contributed by atoms with Crippen molar-refractivity contribution in [1.82, 2.24) is 0 Å². The number of benzene rings is 1. The number of anilines is 1. The van der Waals surface area contributed by atoms with Crippen LogP contribution in [-0.2, 0) is 9.59 Å². The Hall–Kier alpha value is -1.35. The van der Waals surface area contributed by atoms with Gasteiger partial charge in [-0.2, -0.15) is 0 Å². The molecule has 3 nitrogen and oxygen atoms in total. The number of Topliss-reactive ketones (excluding diaryl/α,β-unsaturated/α-hetero) is 1. The molecule has 1 aromatic carbocycles. The van der Waals surface area contributed by atoms with Crippen LogP contribution in [0.25, 0.3) is 0 Å². The molecule has 1 atom stereocenters. The minimum Gasteiger partial charge on any atom is -0.303 e. The number of carbonyl (C=O) groups is 2. The van der Waals surface area contributed by atoms with Gasteiger partial charge in [0, 0.05) is 11.1 Å². The maximum absolute atomic E-state index is 12.5. The number of hydrogen-bond acceptors (Lipinski definition) is 2. The van der Waals surface area contributed by atoms with Gasteiger partial charge >= 0.3 is 0 Å². The molecule has 0 aliphatic carbocycles. The van der Waals surface area contributed by atoms with Gasteiger partial charge in [-0.05, 0) is 25.0 Å². The van der Waals surface area contributed by atoms with E-state index in [1.54, 1.807) is 0 Å². The molecular weight excluding hydrogens is 286 g/mol. The molecule has 0 saturated carbocycles. The van der Waals surface area contributed by atoms with Crippen LogP contribution in [0.2, 0.25) is 0 Å². The molecule has 0 fully saturated rings. The van der Waals surface area contributed by atoms with E-state index in [1.807, 2.05) is 58.9 Å². The summed E-state index contributed by atoms with van der Waals surface area (Å²) in [7, 11) is 0. The lowest BCUT2D eigenvalue weighted by Gasteiger charge is -2.28. The average molecular weight is 310 g/mol. The Bertz CT molecular complexity index is 520. The van der Waals surface area contributed by atoms with Gasteiger partial charge in [-0.15, -0.1) is 11.6 Å². The summed E-state index contributed by atoms with van der Waals surface area (Å²) in [5.74, 6) is -0.204. The molecule has 1 amide bonds. The SMILES string of the molecule is CCC(Cl)C(=O)N(CC(=O)C(C)(C)C)c1ccccc1C. The van der Waals surface area contributed by atoms with E-state index in [1.165, 1.54) is 4.90 Å². The van der Waals surface area contributed by atoms with Gasteiger partial charge in [-0.25, -0.2) is 0 Å². The minimum atomic E-state index is -0.614. The van der Waals surface area contributed by atoms with Crippen molar-refractivity contribution in [3.8, 4) is 0 Å². The van der Waals surface area contributed by atoms with Crippen LogP contribution in [0, 0.1) is 12.3 Å². The fourth-order valence-corrected chi connectivity index (χ4v) is 1.99. The first-order valence-electron chi connectivity index (χ1n) is 7.22. The lowest BCUT2D eigenvalue weighted by Crippen LogP contribution is -2.43. The number of hydrogen-bond donors (Lipinski definition) is 0. The summed E-state index contributed by atoms with van der Waals surface area (Å²) in [6.45, 7) is 9.40. The third kappa shape index (κ3) is 4.57. The molecule has 0 aliphatic heterocycles. The summed E-state index contributed by atoms with van der Waals surface area (Å²) in [6, 6.07) is 7.54. The van der Waals surface area contributed by atoms with E-state index in [0.29, 0.717) is 6.42 Å². The number of amides is 1. The quantitative estimate of drug-likeness (QED) is 0.772. The maximum atomic E-state index is 12.5. The first kappa shape index (κ1) is 17.7. The van der Waals surface area contributed by atoms with Gasteiger partial charge in [0.2, 0.25) is 5.91 Å². The molecule has 0 spiro atoms. The van der Waals surface area contributed by atoms with Gasteiger partial charge in [0.25, 0.3) is 0 Å². The van der Waals surface area contributed by atoms with E-state index < -0.39 is 10.8 Å². The molecule has 0 radical (unpaired) electrons. The van der Waals surface area contributed by atoms with Crippen molar-refractivity contribution in [3.05, 3.63) is 29.8 Å². The van der Waals surface area contributed by atoms with Gasteiger partial charge in [-0.3, -0.25) is 9.59 Å². The van der Waals surface area contributed by atoms with Crippen molar-refractivity contribution in [3.63, 3.8) is 0 Å².